The van der Waals surface area contributed by atoms with E-state index in [0.717, 1.165) is 28.3 Å². The van der Waals surface area contributed by atoms with E-state index in [1.807, 2.05) is 38.1 Å². The van der Waals surface area contributed by atoms with Crippen molar-refractivity contribution in [2.45, 2.75) is 51.1 Å². The Morgan fingerprint density at radius 2 is 1.73 bits per heavy atom. The molecule has 9 heteroatoms. The summed E-state index contributed by atoms with van der Waals surface area (Å²) in [5, 5.41) is 3.27. The third-order valence-corrected chi connectivity index (χ3v) is 7.55. The highest BCUT2D eigenvalue weighted by atomic mass is 35.5. The summed E-state index contributed by atoms with van der Waals surface area (Å²) in [7, 11) is -2.56. The zero-order chi connectivity index (χ0) is 24.6. The maximum atomic E-state index is 13.3. The molecule has 33 heavy (non-hydrogen) atoms. The molecule has 0 bridgehead atoms. The molecule has 0 fully saturated rings. The van der Waals surface area contributed by atoms with Crippen LogP contribution in [-0.4, -0.2) is 55.6 Å². The number of unbranched alkanes of at least 4 members (excludes halogenated alkanes) is 1. The highest BCUT2D eigenvalue weighted by molar-refractivity contribution is 7.89. The van der Waals surface area contributed by atoms with Crippen LogP contribution < -0.4 is 5.32 Å². The normalized spacial score (nSPS) is 12.4. The Bertz CT molecular complexity index is 1060. The Hall–Kier alpha value is -2.42. The van der Waals surface area contributed by atoms with Crippen LogP contribution >= 0.6 is 11.6 Å². The van der Waals surface area contributed by atoms with Crippen molar-refractivity contribution in [3.8, 4) is 0 Å². The zero-order valence-electron chi connectivity index (χ0n) is 19.5. The minimum atomic E-state index is -3.90. The van der Waals surface area contributed by atoms with Crippen molar-refractivity contribution < 1.29 is 18.0 Å². The number of likely N-dealkylation sites (N-methyl/N-ethyl adjacent to an activating group) is 1. The second-order valence-electron chi connectivity index (χ2n) is 7.98. The second-order valence-corrected chi connectivity index (χ2v) is 10.5. The van der Waals surface area contributed by atoms with Crippen molar-refractivity contribution in [3.05, 3.63) is 64.7 Å². The Labute approximate surface area is 201 Å². The van der Waals surface area contributed by atoms with Gasteiger partial charge in [-0.1, -0.05) is 49.2 Å². The number of benzene rings is 2. The van der Waals surface area contributed by atoms with Crippen LogP contribution in [-0.2, 0) is 26.2 Å². The number of amides is 2. The van der Waals surface area contributed by atoms with Crippen molar-refractivity contribution in [2.24, 2.45) is 0 Å². The van der Waals surface area contributed by atoms with Gasteiger partial charge in [0.05, 0.1) is 11.4 Å². The first-order valence-electron chi connectivity index (χ1n) is 10.9. The van der Waals surface area contributed by atoms with Crippen molar-refractivity contribution in [1.82, 2.24) is 14.5 Å². The van der Waals surface area contributed by atoms with E-state index in [4.69, 9.17) is 11.6 Å². The lowest BCUT2D eigenvalue weighted by atomic mass is 10.1. The molecule has 180 valence electrons. The number of carbonyl (C=O) groups excluding carboxylic acids is 2. The first-order chi connectivity index (χ1) is 15.6. The molecule has 2 aromatic carbocycles. The molecule has 2 rings (SSSR count). The van der Waals surface area contributed by atoms with E-state index >= 15 is 0 Å². The number of halogens is 1. The molecule has 7 nitrogen and oxygen atoms in total. The van der Waals surface area contributed by atoms with E-state index in [2.05, 4.69) is 5.32 Å². The van der Waals surface area contributed by atoms with E-state index in [1.54, 1.807) is 6.92 Å². The van der Waals surface area contributed by atoms with Crippen LogP contribution in [0.15, 0.2) is 53.4 Å². The Morgan fingerprint density at radius 3 is 2.33 bits per heavy atom. The smallest absolute Gasteiger partial charge is 0.243 e. The summed E-state index contributed by atoms with van der Waals surface area (Å²) in [6.07, 6.45) is 1.78. The van der Waals surface area contributed by atoms with Gasteiger partial charge < -0.3 is 10.2 Å². The van der Waals surface area contributed by atoms with Gasteiger partial charge in [0.2, 0.25) is 21.8 Å². The van der Waals surface area contributed by atoms with Crippen LogP contribution in [0.1, 0.15) is 37.8 Å². The van der Waals surface area contributed by atoms with Crippen LogP contribution in [0, 0.1) is 6.92 Å². The molecule has 1 N–H and O–H groups in total. The number of nitrogens with zero attached hydrogens (tertiary/aromatic N) is 2. The SMILES string of the molecule is CCCCNC(=O)[C@@H](C)N(Cc1ccccc1C)C(=O)CN(C)S(=O)(=O)c1ccc(Cl)cc1. The molecule has 2 aromatic rings. The lowest BCUT2D eigenvalue weighted by molar-refractivity contribution is -0.140. The van der Waals surface area contributed by atoms with Gasteiger partial charge in [-0.2, -0.15) is 4.31 Å². The molecule has 0 radical (unpaired) electrons. The Kier molecular flexibility index (Phi) is 9.88. The van der Waals surface area contributed by atoms with Gasteiger partial charge in [0.1, 0.15) is 6.04 Å². The number of aryl methyl sites for hydroxylation is 1. The lowest BCUT2D eigenvalue weighted by Gasteiger charge is -2.30. The van der Waals surface area contributed by atoms with Gasteiger partial charge >= 0.3 is 0 Å². The van der Waals surface area contributed by atoms with Crippen molar-refractivity contribution in [2.75, 3.05) is 20.1 Å². The summed E-state index contributed by atoms with van der Waals surface area (Å²) in [6, 6.07) is 12.6. The standard InChI is InChI=1S/C24H32ClN3O4S/c1-5-6-15-26-24(30)19(3)28(16-20-10-8-7-9-18(20)2)23(29)17-27(4)33(31,32)22-13-11-21(25)12-14-22/h7-14,19H,5-6,15-17H2,1-4H3,(H,26,30)/t19-/m1/s1. The number of hydrogen-bond acceptors (Lipinski definition) is 4. The third-order valence-electron chi connectivity index (χ3n) is 5.48. The molecule has 0 saturated heterocycles. The lowest BCUT2D eigenvalue weighted by Crippen LogP contribution is -2.50. The summed E-state index contributed by atoms with van der Waals surface area (Å²) in [6.45, 7) is 5.94. The zero-order valence-corrected chi connectivity index (χ0v) is 21.1. The van der Waals surface area contributed by atoms with E-state index in [1.165, 1.54) is 36.2 Å². The van der Waals surface area contributed by atoms with Gasteiger partial charge in [0.25, 0.3) is 0 Å². The fraction of sp³-hybridized carbons (Fsp3) is 0.417. The van der Waals surface area contributed by atoms with Gasteiger partial charge in [-0.15, -0.1) is 0 Å². The molecule has 0 heterocycles. The maximum Gasteiger partial charge on any atom is 0.243 e. The maximum absolute atomic E-state index is 13.3. The van der Waals surface area contributed by atoms with Gasteiger partial charge in [-0.05, 0) is 55.7 Å². The number of nitrogens with one attached hydrogen (secondary N) is 1. The van der Waals surface area contributed by atoms with E-state index in [9.17, 15) is 18.0 Å². The molecular weight excluding hydrogens is 462 g/mol. The fourth-order valence-corrected chi connectivity index (χ4v) is 4.49. The van der Waals surface area contributed by atoms with Gasteiger partial charge in [0.15, 0.2) is 0 Å². The Morgan fingerprint density at radius 1 is 1.09 bits per heavy atom. The van der Waals surface area contributed by atoms with Crippen molar-refractivity contribution in [1.29, 1.82) is 0 Å². The van der Waals surface area contributed by atoms with Crippen molar-refractivity contribution >= 4 is 33.4 Å². The molecule has 2 amide bonds. The van der Waals surface area contributed by atoms with Crippen LogP contribution in [0.2, 0.25) is 5.02 Å². The van der Waals surface area contributed by atoms with E-state index < -0.39 is 28.5 Å². The summed E-state index contributed by atoms with van der Waals surface area (Å²) in [5.41, 5.74) is 1.87. The summed E-state index contributed by atoms with van der Waals surface area (Å²) in [5.74, 6) is -0.731. The summed E-state index contributed by atoms with van der Waals surface area (Å²) >= 11 is 5.86. The molecule has 0 aliphatic rings. The fourth-order valence-electron chi connectivity index (χ4n) is 3.24. The average Bonchev–Trinajstić information content (AvgIpc) is 2.78. The molecule has 0 aliphatic heterocycles. The van der Waals surface area contributed by atoms with Gasteiger partial charge in [-0.3, -0.25) is 9.59 Å². The molecule has 0 aromatic heterocycles. The van der Waals surface area contributed by atoms with Gasteiger partial charge in [-0.25, -0.2) is 8.42 Å². The summed E-state index contributed by atoms with van der Waals surface area (Å²) < 4.78 is 26.8. The summed E-state index contributed by atoms with van der Waals surface area (Å²) in [4.78, 5) is 27.5. The quantitative estimate of drug-likeness (QED) is 0.484. The van der Waals surface area contributed by atoms with E-state index in [0.29, 0.717) is 11.6 Å². The van der Waals surface area contributed by atoms with Crippen LogP contribution in [0.3, 0.4) is 0 Å². The number of sulfonamides is 1. The van der Waals surface area contributed by atoms with Crippen LogP contribution in [0.25, 0.3) is 0 Å². The minimum Gasteiger partial charge on any atom is -0.354 e. The molecule has 1 atom stereocenters. The molecular formula is C24H32ClN3O4S. The van der Waals surface area contributed by atoms with E-state index in [-0.39, 0.29) is 17.3 Å². The number of carbonyl (C=O) groups is 2. The molecule has 0 aliphatic carbocycles. The molecule has 0 saturated carbocycles. The largest absolute Gasteiger partial charge is 0.354 e. The predicted molar refractivity (Wildman–Crippen MR) is 130 cm³/mol. The first kappa shape index (κ1) is 26.8. The average molecular weight is 494 g/mol. The topological polar surface area (TPSA) is 86.8 Å². The van der Waals surface area contributed by atoms with Gasteiger partial charge in [0, 0.05) is 25.2 Å². The molecule has 0 unspecified atom stereocenters. The first-order valence-corrected chi connectivity index (χ1v) is 12.7. The highest BCUT2D eigenvalue weighted by Gasteiger charge is 2.30. The van der Waals surface area contributed by atoms with Crippen LogP contribution in [0.4, 0.5) is 0 Å². The third kappa shape index (κ3) is 7.28. The number of hydrogen-bond donors (Lipinski definition) is 1. The van der Waals surface area contributed by atoms with Crippen LogP contribution in [0.5, 0.6) is 0 Å². The second kappa shape index (κ2) is 12.2. The molecule has 0 spiro atoms. The van der Waals surface area contributed by atoms with Crippen molar-refractivity contribution in [3.63, 3.8) is 0 Å². The Balaban J connectivity index is 2.25. The monoisotopic (exact) mass is 493 g/mol. The minimum absolute atomic E-state index is 0.0398. The highest BCUT2D eigenvalue weighted by Crippen LogP contribution is 2.19. The predicted octanol–water partition coefficient (Wildman–Crippen LogP) is 3.60. The number of rotatable bonds is 11.